The summed E-state index contributed by atoms with van der Waals surface area (Å²) in [6.45, 7) is 4.91. The molecule has 4 rings (SSSR count). The molecule has 0 radical (unpaired) electrons. The Morgan fingerprint density at radius 3 is 2.07 bits per heavy atom. The van der Waals surface area contributed by atoms with Gasteiger partial charge in [-0.05, 0) is 12.5 Å². The van der Waals surface area contributed by atoms with Crippen molar-refractivity contribution < 1.29 is 9.69 Å². The Balaban J connectivity index is 1.53. The zero-order chi connectivity index (χ0) is 21.1. The molecular weight excluding hydrogens is 392 g/mol. The van der Waals surface area contributed by atoms with E-state index in [9.17, 15) is 10.1 Å². The van der Waals surface area contributed by atoms with Crippen molar-refractivity contribution in [1.29, 1.82) is 5.26 Å². The van der Waals surface area contributed by atoms with E-state index in [-0.39, 0.29) is 11.9 Å². The van der Waals surface area contributed by atoms with Gasteiger partial charge in [-0.1, -0.05) is 60.7 Å². The number of carbonyl (C=O) groups excluding carboxylic acids is 1. The molecule has 2 aromatic carbocycles. The summed E-state index contributed by atoms with van der Waals surface area (Å²) in [6.07, 6.45) is 0. The van der Waals surface area contributed by atoms with E-state index in [1.807, 2.05) is 17.0 Å². The molecule has 0 spiro atoms. The highest BCUT2D eigenvalue weighted by Crippen LogP contribution is 2.30. The molecule has 0 saturated carbocycles. The molecule has 3 N–H and O–H groups in total. The van der Waals surface area contributed by atoms with Crippen LogP contribution in [0.5, 0.6) is 0 Å². The van der Waals surface area contributed by atoms with Crippen LogP contribution in [0.1, 0.15) is 38.0 Å². The van der Waals surface area contributed by atoms with E-state index in [1.54, 1.807) is 6.92 Å². The molecule has 0 bridgehead atoms. The average Bonchev–Trinajstić information content (AvgIpc) is 3.08. The number of quaternary nitrogens is 1. The first-order valence-corrected chi connectivity index (χ1v) is 10.9. The monoisotopic (exact) mass is 417 g/mol. The Bertz CT molecular complexity index is 1020. The van der Waals surface area contributed by atoms with Gasteiger partial charge in [-0.2, -0.15) is 5.26 Å². The summed E-state index contributed by atoms with van der Waals surface area (Å²) in [4.78, 5) is 17.0. The van der Waals surface area contributed by atoms with E-state index < -0.39 is 0 Å². The normalized spacial score (nSPS) is 14.6. The van der Waals surface area contributed by atoms with E-state index in [1.165, 1.54) is 27.4 Å². The van der Waals surface area contributed by atoms with Gasteiger partial charge in [0.15, 0.2) is 0 Å². The lowest BCUT2D eigenvalue weighted by molar-refractivity contribution is -0.929. The third-order valence-electron chi connectivity index (χ3n) is 5.85. The van der Waals surface area contributed by atoms with Crippen LogP contribution >= 0.6 is 11.3 Å². The van der Waals surface area contributed by atoms with Gasteiger partial charge >= 0.3 is 0 Å². The molecule has 2 heterocycles. The lowest BCUT2D eigenvalue weighted by Crippen LogP contribution is -3.15. The number of nitrogens with zero attached hydrogens (tertiary/aromatic N) is 2. The smallest absolute Gasteiger partial charge is 0.264 e. The number of amides is 1. The molecule has 1 aliphatic rings. The van der Waals surface area contributed by atoms with Gasteiger partial charge in [0, 0.05) is 11.1 Å². The topological polar surface area (TPSA) is 74.6 Å². The van der Waals surface area contributed by atoms with Gasteiger partial charge in [0.05, 0.1) is 36.6 Å². The number of hydrogen-bond acceptors (Lipinski definition) is 4. The van der Waals surface area contributed by atoms with Gasteiger partial charge in [-0.15, -0.1) is 11.3 Å². The first-order valence-electron chi connectivity index (χ1n) is 10.1. The molecular formula is C24H25N4OS+. The van der Waals surface area contributed by atoms with Crippen LogP contribution in [0, 0.1) is 18.3 Å². The number of nitrogens with two attached hydrogens (primary N) is 1. The van der Waals surface area contributed by atoms with Crippen LogP contribution in [-0.2, 0) is 0 Å². The number of nitrogen functional groups attached to an aromatic ring is 1. The number of piperazine rings is 1. The minimum absolute atomic E-state index is 0.0132. The Morgan fingerprint density at radius 1 is 1.07 bits per heavy atom. The lowest BCUT2D eigenvalue weighted by Gasteiger charge is -2.37. The summed E-state index contributed by atoms with van der Waals surface area (Å²) in [5.74, 6) is -0.0132. The number of hydrogen-bond donors (Lipinski definition) is 2. The maximum atomic E-state index is 13.1. The molecule has 6 heteroatoms. The molecule has 0 aliphatic carbocycles. The van der Waals surface area contributed by atoms with Crippen molar-refractivity contribution in [3.63, 3.8) is 0 Å². The minimum atomic E-state index is -0.0132. The van der Waals surface area contributed by atoms with Crippen molar-refractivity contribution in [2.45, 2.75) is 13.0 Å². The van der Waals surface area contributed by atoms with E-state index in [4.69, 9.17) is 5.73 Å². The molecule has 3 aromatic rings. The van der Waals surface area contributed by atoms with Crippen LogP contribution in [0.3, 0.4) is 0 Å². The summed E-state index contributed by atoms with van der Waals surface area (Å²) in [5, 5.41) is 9.69. The maximum absolute atomic E-state index is 13.1. The number of carbonyl (C=O) groups is 1. The number of nitrogens with one attached hydrogen (secondary N) is 1. The molecule has 5 nitrogen and oxygen atoms in total. The standard InChI is InChI=1S/C24H24N4OS/c1-17-20(16-25)23(26)30-22(17)24(29)28-14-12-27(13-15-28)21(18-8-4-2-5-9-18)19-10-6-3-7-11-19/h2-11,21H,12-15,26H2,1H3/p+1. The quantitative estimate of drug-likeness (QED) is 0.685. The summed E-state index contributed by atoms with van der Waals surface area (Å²) < 4.78 is 0. The van der Waals surface area contributed by atoms with Crippen LogP contribution in [0.2, 0.25) is 0 Å². The van der Waals surface area contributed by atoms with E-state index >= 15 is 0 Å². The van der Waals surface area contributed by atoms with Crippen molar-refractivity contribution in [1.82, 2.24) is 4.90 Å². The van der Waals surface area contributed by atoms with Gasteiger partial charge in [-0.3, -0.25) is 4.79 Å². The Kier molecular flexibility index (Phi) is 5.84. The highest BCUT2D eigenvalue weighted by Gasteiger charge is 2.33. The highest BCUT2D eigenvalue weighted by atomic mass is 32.1. The van der Waals surface area contributed by atoms with Crippen LogP contribution in [-0.4, -0.2) is 37.0 Å². The molecule has 0 unspecified atom stereocenters. The zero-order valence-electron chi connectivity index (χ0n) is 17.0. The van der Waals surface area contributed by atoms with Gasteiger partial charge in [0.2, 0.25) is 0 Å². The van der Waals surface area contributed by atoms with E-state index in [2.05, 4.69) is 54.6 Å². The minimum Gasteiger partial charge on any atom is -0.389 e. The van der Waals surface area contributed by atoms with Gasteiger partial charge in [0.1, 0.15) is 17.1 Å². The molecule has 1 aliphatic heterocycles. The summed E-state index contributed by atoms with van der Waals surface area (Å²) in [6, 6.07) is 23.5. The largest absolute Gasteiger partial charge is 0.389 e. The second-order valence-electron chi connectivity index (χ2n) is 7.61. The zero-order valence-corrected chi connectivity index (χ0v) is 17.8. The molecule has 1 amide bonds. The van der Waals surface area contributed by atoms with Crippen LogP contribution in [0.15, 0.2) is 60.7 Å². The Labute approximate surface area is 181 Å². The summed E-state index contributed by atoms with van der Waals surface area (Å²) in [5.41, 5.74) is 9.64. The number of anilines is 1. The first-order chi connectivity index (χ1) is 14.6. The second kappa shape index (κ2) is 8.70. The Morgan fingerprint density at radius 2 is 1.60 bits per heavy atom. The number of rotatable bonds is 4. The summed E-state index contributed by atoms with van der Waals surface area (Å²) in [7, 11) is 0. The third kappa shape index (κ3) is 3.82. The molecule has 152 valence electrons. The predicted molar refractivity (Wildman–Crippen MR) is 120 cm³/mol. The van der Waals surface area contributed by atoms with Crippen LogP contribution in [0.25, 0.3) is 0 Å². The molecule has 1 fully saturated rings. The number of thiophene rings is 1. The van der Waals surface area contributed by atoms with Crippen molar-refractivity contribution in [3.05, 3.63) is 87.8 Å². The molecule has 0 atom stereocenters. The van der Waals surface area contributed by atoms with Crippen molar-refractivity contribution in [2.75, 3.05) is 31.9 Å². The van der Waals surface area contributed by atoms with Crippen molar-refractivity contribution >= 4 is 22.2 Å². The van der Waals surface area contributed by atoms with Gasteiger partial charge in [-0.25, -0.2) is 0 Å². The van der Waals surface area contributed by atoms with Gasteiger partial charge in [0.25, 0.3) is 5.91 Å². The van der Waals surface area contributed by atoms with Crippen LogP contribution < -0.4 is 10.6 Å². The fraction of sp³-hybridized carbons (Fsp3) is 0.250. The SMILES string of the molecule is Cc1c(C(=O)N2CC[NH+](C(c3ccccc3)c3ccccc3)CC2)sc(N)c1C#N. The Hall–Kier alpha value is -3.14. The third-order valence-corrected chi connectivity index (χ3v) is 6.96. The fourth-order valence-corrected chi connectivity index (χ4v) is 5.26. The molecule has 30 heavy (non-hydrogen) atoms. The van der Waals surface area contributed by atoms with Gasteiger partial charge < -0.3 is 15.5 Å². The van der Waals surface area contributed by atoms with Crippen LogP contribution in [0.4, 0.5) is 5.00 Å². The molecule has 1 aromatic heterocycles. The number of benzene rings is 2. The van der Waals surface area contributed by atoms with E-state index in [0.29, 0.717) is 34.1 Å². The summed E-state index contributed by atoms with van der Waals surface area (Å²) >= 11 is 1.23. The van der Waals surface area contributed by atoms with Crippen molar-refractivity contribution in [2.24, 2.45) is 0 Å². The number of nitriles is 1. The highest BCUT2D eigenvalue weighted by molar-refractivity contribution is 7.18. The first kappa shape index (κ1) is 20.1. The van der Waals surface area contributed by atoms with Crippen molar-refractivity contribution in [3.8, 4) is 6.07 Å². The second-order valence-corrected chi connectivity index (χ2v) is 8.66. The van der Waals surface area contributed by atoms with E-state index in [0.717, 1.165) is 13.1 Å². The average molecular weight is 418 g/mol. The molecule has 1 saturated heterocycles. The fourth-order valence-electron chi connectivity index (χ4n) is 4.26. The maximum Gasteiger partial charge on any atom is 0.264 e. The lowest BCUT2D eigenvalue weighted by atomic mass is 9.96. The predicted octanol–water partition coefficient (Wildman–Crippen LogP) is 2.64.